The number of phosphoric ester groups is 2. The van der Waals surface area contributed by atoms with Crippen LogP contribution >= 0.6 is 15.6 Å². The summed E-state index contributed by atoms with van der Waals surface area (Å²) in [6.45, 7) is 6.81. The van der Waals surface area contributed by atoms with Gasteiger partial charge >= 0.3 is 33.3 Å². The Hall–Kier alpha value is -2.24. The molecule has 1 aromatic rings. The first-order chi connectivity index (χ1) is 33.4. The van der Waals surface area contributed by atoms with E-state index < -0.39 is 83.7 Å². The van der Waals surface area contributed by atoms with Gasteiger partial charge in [-0.05, 0) is 30.7 Å². The van der Waals surface area contributed by atoms with Crippen LogP contribution in [0.25, 0.3) is 0 Å². The van der Waals surface area contributed by atoms with Crippen molar-refractivity contribution >= 4 is 33.4 Å². The van der Waals surface area contributed by atoms with Gasteiger partial charge in [0.1, 0.15) is 30.7 Å². The number of carbonyl (C=O) groups excluding carboxylic acids is 2. The Labute approximate surface area is 419 Å². The minimum Gasteiger partial charge on any atom is -0.462 e. The van der Waals surface area contributed by atoms with Crippen molar-refractivity contribution in [2.24, 2.45) is 11.8 Å². The summed E-state index contributed by atoms with van der Waals surface area (Å²) in [4.78, 5) is 62.0. The molecule has 0 bridgehead atoms. The van der Waals surface area contributed by atoms with Crippen LogP contribution in [0.1, 0.15) is 227 Å². The quantitative estimate of drug-likeness (QED) is 0.0231. The number of aliphatic hydroxyl groups is 2. The van der Waals surface area contributed by atoms with E-state index >= 15 is 0 Å². The van der Waals surface area contributed by atoms with E-state index in [9.17, 15) is 43.5 Å². The van der Waals surface area contributed by atoms with Crippen LogP contribution < -0.4 is 11.4 Å². The molecule has 0 aliphatic carbocycles. The molecule has 18 nitrogen and oxygen atoms in total. The van der Waals surface area contributed by atoms with Gasteiger partial charge in [-0.2, -0.15) is 9.29 Å². The van der Waals surface area contributed by atoms with E-state index in [1.807, 2.05) is 0 Å². The van der Waals surface area contributed by atoms with Gasteiger partial charge < -0.3 is 39.9 Å². The molecule has 1 aromatic heterocycles. The molecule has 1 saturated heterocycles. The molecule has 0 saturated carbocycles. The Bertz CT molecular complexity index is 1700. The summed E-state index contributed by atoms with van der Waals surface area (Å²) < 4.78 is 56.9. The maximum absolute atomic E-state index is 12.9. The molecule has 1 fully saturated rings. The van der Waals surface area contributed by atoms with E-state index in [2.05, 4.69) is 37.0 Å². The van der Waals surface area contributed by atoms with Crippen LogP contribution in [0, 0.1) is 11.8 Å². The Morgan fingerprint density at radius 3 is 1.50 bits per heavy atom. The summed E-state index contributed by atoms with van der Waals surface area (Å²) in [5.74, 6) is 0.287. The number of anilines is 1. The number of rotatable bonds is 44. The smallest absolute Gasteiger partial charge is 0.462 e. The van der Waals surface area contributed by atoms with Crippen LogP contribution in [0.5, 0.6) is 0 Å². The predicted octanol–water partition coefficient (Wildman–Crippen LogP) is 11.2. The molecule has 0 amide bonds. The molecule has 408 valence electrons. The summed E-state index contributed by atoms with van der Waals surface area (Å²) >= 11 is 0. The van der Waals surface area contributed by atoms with Gasteiger partial charge in [-0.3, -0.25) is 23.2 Å². The first kappa shape index (κ1) is 63.9. The number of ether oxygens (including phenoxy) is 3. The lowest BCUT2D eigenvalue weighted by atomic mass is 10.0. The van der Waals surface area contributed by atoms with Crippen LogP contribution in [0.3, 0.4) is 0 Å². The number of nitrogen functional groups attached to an aromatic ring is 1. The highest BCUT2D eigenvalue weighted by Crippen LogP contribution is 2.60. The predicted molar refractivity (Wildman–Crippen MR) is 270 cm³/mol. The van der Waals surface area contributed by atoms with Crippen molar-refractivity contribution in [2.75, 3.05) is 25.6 Å². The minimum absolute atomic E-state index is 0.0572. The molecular formula is C50H93N3O15P2. The number of aliphatic hydroxyl groups excluding tert-OH is 2. The lowest BCUT2D eigenvalue weighted by molar-refractivity contribution is -0.161. The molecule has 1 aliphatic rings. The van der Waals surface area contributed by atoms with E-state index in [-0.39, 0.29) is 18.7 Å². The first-order valence-corrected chi connectivity index (χ1v) is 29.8. The fraction of sp³-hybridized carbons (Fsp3) is 0.880. The zero-order valence-corrected chi connectivity index (χ0v) is 45.0. The van der Waals surface area contributed by atoms with Gasteiger partial charge in [-0.25, -0.2) is 13.9 Å². The zero-order chi connectivity index (χ0) is 51.6. The van der Waals surface area contributed by atoms with Crippen molar-refractivity contribution in [2.45, 2.75) is 251 Å². The average molecular weight is 1040 g/mol. The summed E-state index contributed by atoms with van der Waals surface area (Å²) in [5, 5.41) is 20.9. The lowest BCUT2D eigenvalue weighted by Gasteiger charge is -2.21. The largest absolute Gasteiger partial charge is 0.481 e. The summed E-state index contributed by atoms with van der Waals surface area (Å²) in [6, 6.07) is 1.25. The molecule has 3 unspecified atom stereocenters. The van der Waals surface area contributed by atoms with E-state index in [0.717, 1.165) is 67.8 Å². The van der Waals surface area contributed by atoms with Crippen molar-refractivity contribution in [3.8, 4) is 0 Å². The average Bonchev–Trinajstić information content (AvgIpc) is 3.57. The normalized spacial score (nSPS) is 19.3. The molecule has 7 atom stereocenters. The number of aromatic nitrogens is 2. The summed E-state index contributed by atoms with van der Waals surface area (Å²) in [5.41, 5.74) is 4.60. The Morgan fingerprint density at radius 1 is 0.643 bits per heavy atom. The van der Waals surface area contributed by atoms with Gasteiger partial charge in [0.15, 0.2) is 12.3 Å². The minimum atomic E-state index is -5.42. The van der Waals surface area contributed by atoms with Gasteiger partial charge in [-0.15, -0.1) is 0 Å². The topological polar surface area (TPSA) is 265 Å². The van der Waals surface area contributed by atoms with E-state index in [1.54, 1.807) is 0 Å². The number of unbranched alkanes of at least 4 members (excludes halogenated alkanes) is 24. The van der Waals surface area contributed by atoms with Crippen molar-refractivity contribution in [3.63, 3.8) is 0 Å². The van der Waals surface area contributed by atoms with E-state index in [4.69, 9.17) is 29.0 Å². The SMILES string of the molecule is CC(C)CCCCCCCCCCCCCCCCCCC(=O)O[C@H](COC(=O)CCCCCCCCCCCCC(C)C)COP(=O)(O)OP(=O)(O)OC[C@H]1O[C@@H](n2ccc(N)nc2=O)C(O)[C@H]1O. The number of nitrogens with zero attached hydrogens (tertiary/aromatic N) is 2. The maximum Gasteiger partial charge on any atom is 0.481 e. The second kappa shape index (κ2) is 37.5. The van der Waals surface area contributed by atoms with Gasteiger partial charge in [0, 0.05) is 19.0 Å². The standard InChI is InChI=1S/C50H93N3O15P2/c1-40(2)31-27-23-19-15-11-9-7-5-6-8-10-12-18-22-26-30-34-46(55)66-42(37-63-45(54)33-29-25-21-17-14-13-16-20-24-28-32-41(3)4)38-64-69(59,60)68-70(61,62)65-39-43-47(56)48(57)49(67-43)53-36-35-44(51)52-50(53)58/h35-36,40-43,47-49,56-57H,5-34,37-39H2,1-4H3,(H,59,60)(H,61,62)(H2,51,52,58)/t42-,43-,47+,48?,49-/m1/s1. The fourth-order valence-electron chi connectivity index (χ4n) is 8.39. The van der Waals surface area contributed by atoms with Crippen LogP contribution in [-0.4, -0.2) is 85.7 Å². The second-order valence-corrected chi connectivity index (χ2v) is 23.1. The highest BCUT2D eigenvalue weighted by atomic mass is 31.3. The molecule has 2 rings (SSSR count). The molecule has 0 spiro atoms. The Kier molecular flexibility index (Phi) is 34.2. The maximum atomic E-state index is 12.9. The van der Waals surface area contributed by atoms with Crippen molar-refractivity contribution in [3.05, 3.63) is 22.7 Å². The van der Waals surface area contributed by atoms with Crippen LogP contribution in [-0.2, 0) is 46.3 Å². The number of esters is 2. The first-order valence-electron chi connectivity index (χ1n) is 26.8. The molecular weight excluding hydrogens is 945 g/mol. The van der Waals surface area contributed by atoms with Crippen LogP contribution in [0.2, 0.25) is 0 Å². The molecule has 6 N–H and O–H groups in total. The fourth-order valence-corrected chi connectivity index (χ4v) is 10.5. The van der Waals surface area contributed by atoms with Crippen LogP contribution in [0.15, 0.2) is 17.1 Å². The molecule has 20 heteroatoms. The van der Waals surface area contributed by atoms with E-state index in [0.29, 0.717) is 12.8 Å². The third-order valence-electron chi connectivity index (χ3n) is 12.5. The number of phosphoric acid groups is 2. The number of hydrogen-bond acceptors (Lipinski definition) is 15. The number of nitrogens with two attached hydrogens (primary N) is 1. The van der Waals surface area contributed by atoms with Crippen molar-refractivity contribution in [1.82, 2.24) is 9.55 Å². The Morgan fingerprint density at radius 2 is 1.06 bits per heavy atom. The molecule has 1 aliphatic heterocycles. The second-order valence-electron chi connectivity index (χ2n) is 20.1. The third kappa shape index (κ3) is 31.4. The number of hydrogen-bond donors (Lipinski definition) is 5. The molecule has 2 heterocycles. The Balaban J connectivity index is 1.76. The lowest BCUT2D eigenvalue weighted by Crippen LogP contribution is -2.36. The van der Waals surface area contributed by atoms with E-state index in [1.165, 1.54) is 128 Å². The summed E-state index contributed by atoms with van der Waals surface area (Å²) in [6.07, 6.45) is 26.2. The number of carbonyl (C=O) groups is 2. The summed E-state index contributed by atoms with van der Waals surface area (Å²) in [7, 11) is -10.8. The van der Waals surface area contributed by atoms with Gasteiger partial charge in [0.2, 0.25) is 0 Å². The van der Waals surface area contributed by atoms with Gasteiger partial charge in [0.05, 0.1) is 13.2 Å². The molecule has 0 aromatic carbocycles. The molecule has 0 radical (unpaired) electrons. The van der Waals surface area contributed by atoms with Crippen LogP contribution in [0.4, 0.5) is 5.82 Å². The highest BCUT2D eigenvalue weighted by molar-refractivity contribution is 7.61. The molecule has 70 heavy (non-hydrogen) atoms. The van der Waals surface area contributed by atoms with Gasteiger partial charge in [0.25, 0.3) is 0 Å². The van der Waals surface area contributed by atoms with Crippen molar-refractivity contribution in [1.29, 1.82) is 0 Å². The zero-order valence-electron chi connectivity index (χ0n) is 43.2. The monoisotopic (exact) mass is 1040 g/mol. The highest BCUT2D eigenvalue weighted by Gasteiger charge is 2.46. The van der Waals surface area contributed by atoms with Crippen molar-refractivity contribution < 1.29 is 66.3 Å². The third-order valence-corrected chi connectivity index (χ3v) is 15.1. The van der Waals surface area contributed by atoms with Gasteiger partial charge in [-0.1, -0.05) is 195 Å².